The molecule has 0 aliphatic heterocycles. The number of thioether (sulfide) groups is 1. The molecule has 7 heteroatoms. The Bertz CT molecular complexity index is 1180. The van der Waals surface area contributed by atoms with Crippen LogP contribution in [0.1, 0.15) is 5.56 Å². The van der Waals surface area contributed by atoms with Crippen molar-refractivity contribution in [3.05, 3.63) is 78.4 Å². The smallest absolute Gasteiger partial charge is 0.196 e. The molecule has 4 rings (SSSR count). The Morgan fingerprint density at radius 2 is 1.53 bits per heavy atom. The highest BCUT2D eigenvalue weighted by molar-refractivity contribution is 7.99. The molecule has 0 saturated carbocycles. The SMILES string of the molecule is COc1ccc(-n2c(SCCOc3ccccc3C)nnc2-c2ccccc2OC)cc1. The van der Waals surface area contributed by atoms with Crippen LogP contribution in [-0.4, -0.2) is 41.3 Å². The number of aryl methyl sites for hydroxylation is 1. The molecule has 0 amide bonds. The highest BCUT2D eigenvalue weighted by atomic mass is 32.2. The molecule has 164 valence electrons. The highest BCUT2D eigenvalue weighted by Gasteiger charge is 2.19. The van der Waals surface area contributed by atoms with Crippen LogP contribution < -0.4 is 14.2 Å². The lowest BCUT2D eigenvalue weighted by Crippen LogP contribution is -2.04. The summed E-state index contributed by atoms with van der Waals surface area (Å²) in [6, 6.07) is 23.7. The van der Waals surface area contributed by atoms with Crippen LogP contribution >= 0.6 is 11.8 Å². The number of benzene rings is 3. The van der Waals surface area contributed by atoms with Gasteiger partial charge in [0.05, 0.1) is 32.1 Å². The molecule has 0 aliphatic carbocycles. The fourth-order valence-electron chi connectivity index (χ4n) is 3.33. The molecule has 0 unspecified atom stereocenters. The molecule has 1 heterocycles. The average Bonchev–Trinajstić information content (AvgIpc) is 3.26. The Kier molecular flexibility index (Phi) is 6.97. The van der Waals surface area contributed by atoms with Crippen molar-refractivity contribution < 1.29 is 14.2 Å². The van der Waals surface area contributed by atoms with E-state index in [0.29, 0.717) is 6.61 Å². The second-order valence-corrected chi connectivity index (χ2v) is 8.06. The summed E-state index contributed by atoms with van der Waals surface area (Å²) in [7, 11) is 3.31. The summed E-state index contributed by atoms with van der Waals surface area (Å²) in [5, 5.41) is 9.77. The van der Waals surface area contributed by atoms with Crippen LogP contribution in [0.5, 0.6) is 17.2 Å². The zero-order chi connectivity index (χ0) is 22.3. The Hall–Kier alpha value is -3.45. The molecule has 0 saturated heterocycles. The number of hydrogen-bond donors (Lipinski definition) is 0. The van der Waals surface area contributed by atoms with Gasteiger partial charge in [-0.15, -0.1) is 10.2 Å². The fraction of sp³-hybridized carbons (Fsp3) is 0.200. The van der Waals surface area contributed by atoms with E-state index in [1.54, 1.807) is 26.0 Å². The van der Waals surface area contributed by atoms with Gasteiger partial charge in [0.2, 0.25) is 0 Å². The quantitative estimate of drug-likeness (QED) is 0.252. The number of rotatable bonds is 9. The minimum atomic E-state index is 0.564. The number of aromatic nitrogens is 3. The van der Waals surface area contributed by atoms with Gasteiger partial charge in [0, 0.05) is 5.75 Å². The van der Waals surface area contributed by atoms with Crippen molar-refractivity contribution in [2.75, 3.05) is 26.6 Å². The maximum absolute atomic E-state index is 5.95. The first kappa shape index (κ1) is 21.8. The molecule has 3 aromatic carbocycles. The Morgan fingerprint density at radius 3 is 2.25 bits per heavy atom. The largest absolute Gasteiger partial charge is 0.497 e. The zero-order valence-electron chi connectivity index (χ0n) is 18.3. The summed E-state index contributed by atoms with van der Waals surface area (Å²) < 4.78 is 18.9. The lowest BCUT2D eigenvalue weighted by atomic mass is 10.2. The number of para-hydroxylation sites is 2. The number of methoxy groups -OCH3 is 2. The first-order valence-corrected chi connectivity index (χ1v) is 11.2. The van der Waals surface area contributed by atoms with E-state index < -0.39 is 0 Å². The third-order valence-corrected chi connectivity index (χ3v) is 5.87. The fourth-order valence-corrected chi connectivity index (χ4v) is 4.10. The standard InChI is InChI=1S/C25H25N3O3S/c1-18-8-4-6-10-22(18)31-16-17-32-25-27-26-24(21-9-5-7-11-23(21)30-3)28(25)19-12-14-20(29-2)15-13-19/h4-15H,16-17H2,1-3H3. The van der Waals surface area contributed by atoms with Crippen LogP contribution in [0.2, 0.25) is 0 Å². The van der Waals surface area contributed by atoms with Crippen molar-refractivity contribution in [1.29, 1.82) is 0 Å². The second kappa shape index (κ2) is 10.2. The van der Waals surface area contributed by atoms with Gasteiger partial charge >= 0.3 is 0 Å². The molecule has 0 fully saturated rings. The normalized spacial score (nSPS) is 10.7. The lowest BCUT2D eigenvalue weighted by molar-refractivity contribution is 0.341. The van der Waals surface area contributed by atoms with Gasteiger partial charge in [0.1, 0.15) is 17.2 Å². The monoisotopic (exact) mass is 447 g/mol. The second-order valence-electron chi connectivity index (χ2n) is 7.00. The van der Waals surface area contributed by atoms with E-state index in [-0.39, 0.29) is 0 Å². The van der Waals surface area contributed by atoms with Gasteiger partial charge in [-0.25, -0.2) is 0 Å². The van der Waals surface area contributed by atoms with Gasteiger partial charge in [-0.3, -0.25) is 4.57 Å². The van der Waals surface area contributed by atoms with Gasteiger partial charge in [-0.1, -0.05) is 42.1 Å². The predicted molar refractivity (Wildman–Crippen MR) is 127 cm³/mol. The van der Waals surface area contributed by atoms with Crippen LogP contribution in [0.4, 0.5) is 0 Å². The number of ether oxygens (including phenoxy) is 3. The molecule has 0 aliphatic rings. The van der Waals surface area contributed by atoms with Crippen LogP contribution in [0.3, 0.4) is 0 Å². The number of hydrogen-bond acceptors (Lipinski definition) is 6. The minimum Gasteiger partial charge on any atom is -0.497 e. The molecular formula is C25H25N3O3S. The molecular weight excluding hydrogens is 422 g/mol. The van der Waals surface area contributed by atoms with Crippen molar-refractivity contribution in [3.8, 4) is 34.3 Å². The molecule has 0 bridgehead atoms. The first-order chi connectivity index (χ1) is 15.7. The molecule has 0 radical (unpaired) electrons. The summed E-state index contributed by atoms with van der Waals surface area (Å²) in [5.74, 6) is 3.89. The van der Waals surface area contributed by atoms with E-state index in [4.69, 9.17) is 14.2 Å². The highest BCUT2D eigenvalue weighted by Crippen LogP contribution is 2.33. The van der Waals surface area contributed by atoms with Crippen LogP contribution in [0.15, 0.2) is 78.0 Å². The van der Waals surface area contributed by atoms with Crippen molar-refractivity contribution in [3.63, 3.8) is 0 Å². The summed E-state index contributed by atoms with van der Waals surface area (Å²) in [4.78, 5) is 0. The van der Waals surface area contributed by atoms with E-state index in [1.165, 1.54) is 0 Å². The van der Waals surface area contributed by atoms with E-state index in [9.17, 15) is 0 Å². The lowest BCUT2D eigenvalue weighted by Gasteiger charge is -2.13. The van der Waals surface area contributed by atoms with Crippen LogP contribution in [-0.2, 0) is 0 Å². The summed E-state index contributed by atoms with van der Waals surface area (Å²) >= 11 is 1.60. The third kappa shape index (κ3) is 4.73. The summed E-state index contributed by atoms with van der Waals surface area (Å²) in [6.45, 7) is 2.61. The van der Waals surface area contributed by atoms with Gasteiger partial charge in [-0.05, 0) is 55.0 Å². The van der Waals surface area contributed by atoms with Gasteiger partial charge < -0.3 is 14.2 Å². The third-order valence-electron chi connectivity index (χ3n) is 4.98. The molecule has 0 spiro atoms. The summed E-state index contributed by atoms with van der Waals surface area (Å²) in [6.07, 6.45) is 0. The van der Waals surface area contributed by atoms with Gasteiger partial charge in [0.25, 0.3) is 0 Å². The number of nitrogens with zero attached hydrogens (tertiary/aromatic N) is 3. The van der Waals surface area contributed by atoms with Gasteiger partial charge in [-0.2, -0.15) is 0 Å². The maximum atomic E-state index is 5.95. The summed E-state index contributed by atoms with van der Waals surface area (Å²) in [5.41, 5.74) is 2.94. The molecule has 0 atom stereocenters. The van der Waals surface area contributed by atoms with E-state index in [0.717, 1.165) is 50.8 Å². The van der Waals surface area contributed by atoms with Crippen molar-refractivity contribution in [2.24, 2.45) is 0 Å². The molecule has 6 nitrogen and oxygen atoms in total. The van der Waals surface area contributed by atoms with Crippen LogP contribution in [0, 0.1) is 6.92 Å². The molecule has 4 aromatic rings. The van der Waals surface area contributed by atoms with Crippen molar-refractivity contribution in [2.45, 2.75) is 12.1 Å². The van der Waals surface area contributed by atoms with Crippen LogP contribution in [0.25, 0.3) is 17.1 Å². The van der Waals surface area contributed by atoms with Crippen molar-refractivity contribution >= 4 is 11.8 Å². The molecule has 32 heavy (non-hydrogen) atoms. The van der Waals surface area contributed by atoms with Gasteiger partial charge in [0.15, 0.2) is 11.0 Å². The topological polar surface area (TPSA) is 58.4 Å². The van der Waals surface area contributed by atoms with E-state index in [1.807, 2.05) is 84.3 Å². The Morgan fingerprint density at radius 1 is 0.812 bits per heavy atom. The average molecular weight is 448 g/mol. The maximum Gasteiger partial charge on any atom is 0.196 e. The Labute approximate surface area is 192 Å². The first-order valence-electron chi connectivity index (χ1n) is 10.3. The van der Waals surface area contributed by atoms with Crippen molar-refractivity contribution in [1.82, 2.24) is 14.8 Å². The Balaban J connectivity index is 1.61. The molecule has 1 aromatic heterocycles. The predicted octanol–water partition coefficient (Wildman–Crippen LogP) is 5.43. The van der Waals surface area contributed by atoms with E-state index >= 15 is 0 Å². The zero-order valence-corrected chi connectivity index (χ0v) is 19.1. The molecule has 0 N–H and O–H groups in total. The van der Waals surface area contributed by atoms with E-state index in [2.05, 4.69) is 10.2 Å². The minimum absolute atomic E-state index is 0.564.